The lowest BCUT2D eigenvalue weighted by atomic mass is 10.1. The molecule has 0 fully saturated rings. The molecular formula is C24H26N2O4S2. The van der Waals surface area contributed by atoms with Crippen molar-refractivity contribution in [3.63, 3.8) is 0 Å². The molecule has 3 aromatic carbocycles. The molecule has 0 aliphatic rings. The van der Waals surface area contributed by atoms with Crippen molar-refractivity contribution >= 4 is 27.7 Å². The number of ether oxygens (including phenoxy) is 1. The predicted molar refractivity (Wildman–Crippen MR) is 128 cm³/mol. The summed E-state index contributed by atoms with van der Waals surface area (Å²) in [6.45, 7) is 2.01. The Morgan fingerprint density at radius 1 is 1.03 bits per heavy atom. The van der Waals surface area contributed by atoms with Gasteiger partial charge in [0.2, 0.25) is 10.0 Å². The van der Waals surface area contributed by atoms with Crippen LogP contribution in [0.25, 0.3) is 0 Å². The first-order valence-electron chi connectivity index (χ1n) is 10.0. The van der Waals surface area contributed by atoms with Gasteiger partial charge >= 0.3 is 0 Å². The van der Waals surface area contributed by atoms with Crippen LogP contribution in [-0.2, 0) is 16.6 Å². The highest BCUT2D eigenvalue weighted by Gasteiger charge is 2.22. The average Bonchev–Trinajstić information content (AvgIpc) is 2.83. The van der Waals surface area contributed by atoms with Gasteiger partial charge < -0.3 is 10.1 Å². The fourth-order valence-electron chi connectivity index (χ4n) is 3.14. The Kier molecular flexibility index (Phi) is 7.95. The molecular weight excluding hydrogens is 444 g/mol. The van der Waals surface area contributed by atoms with E-state index in [2.05, 4.69) is 10.0 Å². The molecule has 6 nitrogen and oxygen atoms in total. The van der Waals surface area contributed by atoms with Crippen LogP contribution in [0.3, 0.4) is 0 Å². The van der Waals surface area contributed by atoms with Gasteiger partial charge in [-0.3, -0.25) is 4.79 Å². The van der Waals surface area contributed by atoms with Crippen molar-refractivity contribution in [3.05, 3.63) is 89.5 Å². The van der Waals surface area contributed by atoms with Crippen molar-refractivity contribution < 1.29 is 17.9 Å². The van der Waals surface area contributed by atoms with E-state index in [0.29, 0.717) is 0 Å². The van der Waals surface area contributed by atoms with Crippen molar-refractivity contribution in [1.82, 2.24) is 10.0 Å². The molecule has 1 unspecified atom stereocenters. The molecule has 0 heterocycles. The summed E-state index contributed by atoms with van der Waals surface area (Å²) in [4.78, 5) is 13.9. The van der Waals surface area contributed by atoms with E-state index in [1.165, 1.54) is 19.2 Å². The van der Waals surface area contributed by atoms with Gasteiger partial charge in [0, 0.05) is 17.0 Å². The number of nitrogens with one attached hydrogen (secondary N) is 2. The zero-order valence-electron chi connectivity index (χ0n) is 18.2. The number of amides is 1. The molecule has 8 heteroatoms. The molecule has 1 atom stereocenters. The van der Waals surface area contributed by atoms with Crippen LogP contribution in [0.4, 0.5) is 0 Å². The lowest BCUT2D eigenvalue weighted by Gasteiger charge is -2.16. The van der Waals surface area contributed by atoms with Gasteiger partial charge in [-0.25, -0.2) is 13.1 Å². The lowest BCUT2D eigenvalue weighted by Crippen LogP contribution is -2.28. The fraction of sp³-hybridized carbons (Fsp3) is 0.208. The Hall–Kier alpha value is -2.81. The summed E-state index contributed by atoms with van der Waals surface area (Å²) < 4.78 is 33.7. The number of hydrogen-bond donors (Lipinski definition) is 2. The number of benzene rings is 3. The van der Waals surface area contributed by atoms with Crippen LogP contribution in [0.5, 0.6) is 5.75 Å². The molecule has 0 bridgehead atoms. The summed E-state index contributed by atoms with van der Waals surface area (Å²) >= 11 is 1.65. The molecule has 0 aromatic heterocycles. The van der Waals surface area contributed by atoms with E-state index in [9.17, 15) is 13.2 Å². The molecule has 0 spiro atoms. The van der Waals surface area contributed by atoms with E-state index in [1.807, 2.05) is 67.8 Å². The number of carbonyl (C=O) groups excluding carboxylic acids is 1. The molecule has 168 valence electrons. The normalized spacial score (nSPS) is 12.2. The molecule has 0 radical (unpaired) electrons. The van der Waals surface area contributed by atoms with E-state index in [-0.39, 0.29) is 34.7 Å². The van der Waals surface area contributed by atoms with E-state index in [0.717, 1.165) is 16.0 Å². The van der Waals surface area contributed by atoms with Crippen LogP contribution in [0, 0.1) is 0 Å². The quantitative estimate of drug-likeness (QED) is 0.453. The Bertz CT molecular complexity index is 1160. The Morgan fingerprint density at radius 3 is 2.34 bits per heavy atom. The smallest absolute Gasteiger partial charge is 0.251 e. The second kappa shape index (κ2) is 10.7. The molecule has 0 saturated heterocycles. The maximum atomic E-state index is 12.9. The van der Waals surface area contributed by atoms with E-state index in [4.69, 9.17) is 4.74 Å². The van der Waals surface area contributed by atoms with Crippen molar-refractivity contribution in [3.8, 4) is 5.75 Å². The predicted octanol–water partition coefficient (Wildman–Crippen LogP) is 4.39. The third-order valence-electron chi connectivity index (χ3n) is 4.99. The van der Waals surface area contributed by atoms with Gasteiger partial charge in [0.1, 0.15) is 10.6 Å². The standard InChI is InChI=1S/C24H26N2O4S2/c1-17(19-9-12-21(31-3)13-10-19)26-24(27)20-11-14-22(30-2)23(15-20)32(28,29)25-16-18-7-5-4-6-8-18/h4-15,17,25H,16H2,1-3H3,(H,26,27). The number of hydrogen-bond acceptors (Lipinski definition) is 5. The second-order valence-electron chi connectivity index (χ2n) is 7.14. The highest BCUT2D eigenvalue weighted by atomic mass is 32.2. The highest BCUT2D eigenvalue weighted by Crippen LogP contribution is 2.26. The van der Waals surface area contributed by atoms with Gasteiger partial charge in [-0.15, -0.1) is 11.8 Å². The minimum absolute atomic E-state index is 0.0828. The summed E-state index contributed by atoms with van der Waals surface area (Å²) in [5.41, 5.74) is 2.02. The van der Waals surface area contributed by atoms with E-state index >= 15 is 0 Å². The van der Waals surface area contributed by atoms with Gasteiger partial charge in [-0.2, -0.15) is 0 Å². The van der Waals surface area contributed by atoms with Crippen LogP contribution in [-0.4, -0.2) is 27.7 Å². The third-order valence-corrected chi connectivity index (χ3v) is 7.15. The first-order valence-corrected chi connectivity index (χ1v) is 12.7. The maximum absolute atomic E-state index is 12.9. The molecule has 3 rings (SSSR count). The van der Waals surface area contributed by atoms with Gasteiger partial charge in [0.15, 0.2) is 0 Å². The summed E-state index contributed by atoms with van der Waals surface area (Å²) in [7, 11) is -2.51. The molecule has 1 amide bonds. The zero-order valence-corrected chi connectivity index (χ0v) is 19.8. The largest absolute Gasteiger partial charge is 0.495 e. The Balaban J connectivity index is 1.78. The Labute approximate surface area is 193 Å². The van der Waals surface area contributed by atoms with Crippen molar-refractivity contribution in [2.24, 2.45) is 0 Å². The third kappa shape index (κ3) is 5.91. The van der Waals surface area contributed by atoms with Crippen LogP contribution < -0.4 is 14.8 Å². The maximum Gasteiger partial charge on any atom is 0.251 e. The molecule has 3 aromatic rings. The second-order valence-corrected chi connectivity index (χ2v) is 9.76. The number of methoxy groups -OCH3 is 1. The summed E-state index contributed by atoms with van der Waals surface area (Å²) in [6.07, 6.45) is 2.00. The Morgan fingerprint density at radius 2 is 1.72 bits per heavy atom. The molecule has 32 heavy (non-hydrogen) atoms. The first-order chi connectivity index (χ1) is 15.3. The highest BCUT2D eigenvalue weighted by molar-refractivity contribution is 7.98. The minimum atomic E-state index is -3.90. The van der Waals surface area contributed by atoms with Gasteiger partial charge in [-0.05, 0) is 54.6 Å². The van der Waals surface area contributed by atoms with Crippen LogP contribution >= 0.6 is 11.8 Å². The van der Waals surface area contributed by atoms with Gasteiger partial charge in [0.25, 0.3) is 5.91 Å². The van der Waals surface area contributed by atoms with Gasteiger partial charge in [0.05, 0.1) is 13.2 Å². The van der Waals surface area contributed by atoms with Crippen LogP contribution in [0.1, 0.15) is 34.5 Å². The van der Waals surface area contributed by atoms with Crippen molar-refractivity contribution in [2.45, 2.75) is 29.3 Å². The summed E-state index contributed by atoms with van der Waals surface area (Å²) in [5.74, 6) is -0.198. The molecule has 2 N–H and O–H groups in total. The average molecular weight is 471 g/mol. The topological polar surface area (TPSA) is 84.5 Å². The summed E-state index contributed by atoms with van der Waals surface area (Å²) in [6, 6.07) is 21.3. The fourth-order valence-corrected chi connectivity index (χ4v) is 4.75. The van der Waals surface area contributed by atoms with Gasteiger partial charge in [-0.1, -0.05) is 42.5 Å². The van der Waals surface area contributed by atoms with E-state index in [1.54, 1.807) is 17.8 Å². The number of rotatable bonds is 9. The van der Waals surface area contributed by atoms with E-state index < -0.39 is 10.0 Å². The number of carbonyl (C=O) groups is 1. The molecule has 0 saturated carbocycles. The minimum Gasteiger partial charge on any atom is -0.495 e. The number of sulfonamides is 1. The first kappa shape index (κ1) is 23.8. The number of thioether (sulfide) groups is 1. The van der Waals surface area contributed by atoms with Crippen molar-refractivity contribution in [2.75, 3.05) is 13.4 Å². The van der Waals surface area contributed by atoms with Crippen molar-refractivity contribution in [1.29, 1.82) is 0 Å². The summed E-state index contributed by atoms with van der Waals surface area (Å²) in [5, 5.41) is 2.92. The van der Waals surface area contributed by atoms with Crippen LogP contribution in [0.2, 0.25) is 0 Å². The molecule has 0 aliphatic carbocycles. The SMILES string of the molecule is COc1ccc(C(=O)NC(C)c2ccc(SC)cc2)cc1S(=O)(=O)NCc1ccccc1. The zero-order chi connectivity index (χ0) is 23.1. The monoisotopic (exact) mass is 470 g/mol. The lowest BCUT2D eigenvalue weighted by molar-refractivity contribution is 0.0939. The molecule has 0 aliphatic heterocycles. The van der Waals surface area contributed by atoms with Crippen LogP contribution in [0.15, 0.2) is 82.6 Å².